The van der Waals surface area contributed by atoms with Crippen molar-refractivity contribution < 1.29 is 0 Å². The van der Waals surface area contributed by atoms with Crippen molar-refractivity contribution in [1.82, 2.24) is 14.5 Å². The van der Waals surface area contributed by atoms with Crippen molar-refractivity contribution in [2.24, 2.45) is 0 Å². The predicted octanol–water partition coefficient (Wildman–Crippen LogP) is 10.4. The molecule has 6 aromatic carbocycles. The van der Waals surface area contributed by atoms with Crippen LogP contribution in [0.1, 0.15) is 25.0 Å². The summed E-state index contributed by atoms with van der Waals surface area (Å²) in [5.74, 6) is 0.676. The lowest BCUT2D eigenvalue weighted by atomic mass is 9.78. The molecule has 0 amide bonds. The van der Waals surface area contributed by atoms with Gasteiger partial charge in [0.1, 0.15) is 0 Å². The first-order valence-electron chi connectivity index (χ1n) is 15.2. The van der Waals surface area contributed by atoms with Crippen molar-refractivity contribution in [3.63, 3.8) is 0 Å². The van der Waals surface area contributed by atoms with Crippen LogP contribution in [-0.2, 0) is 5.41 Å². The molecule has 8 aromatic rings. The largest absolute Gasteiger partial charge is 0.278 e. The Morgan fingerprint density at radius 3 is 1.77 bits per heavy atom. The molecule has 3 nitrogen and oxygen atoms in total. The van der Waals surface area contributed by atoms with Gasteiger partial charge in [-0.3, -0.25) is 4.57 Å². The van der Waals surface area contributed by atoms with Crippen LogP contribution in [-0.4, -0.2) is 14.5 Å². The first kappa shape index (κ1) is 25.0. The molecular weight excluding hydrogens is 534 g/mol. The summed E-state index contributed by atoms with van der Waals surface area (Å²) in [5.41, 5.74) is 11.4. The Labute approximate surface area is 256 Å². The second kappa shape index (κ2) is 9.23. The lowest BCUT2D eigenvalue weighted by Crippen LogP contribution is -2.16. The van der Waals surface area contributed by atoms with Crippen LogP contribution in [0.25, 0.3) is 72.2 Å². The Morgan fingerprint density at radius 1 is 0.500 bits per heavy atom. The van der Waals surface area contributed by atoms with Crippen LogP contribution in [0, 0.1) is 0 Å². The lowest BCUT2D eigenvalue weighted by Gasteiger charge is -2.24. The molecule has 1 aliphatic carbocycles. The molecule has 0 fully saturated rings. The van der Waals surface area contributed by atoms with Crippen LogP contribution in [0.3, 0.4) is 0 Å². The Morgan fingerprint density at radius 2 is 1.07 bits per heavy atom. The van der Waals surface area contributed by atoms with Crippen molar-refractivity contribution in [2.45, 2.75) is 19.3 Å². The van der Waals surface area contributed by atoms with E-state index in [2.05, 4.69) is 146 Å². The van der Waals surface area contributed by atoms with Gasteiger partial charge in [-0.1, -0.05) is 135 Å². The van der Waals surface area contributed by atoms with E-state index in [0.29, 0.717) is 5.95 Å². The molecule has 2 heterocycles. The summed E-state index contributed by atoms with van der Waals surface area (Å²) in [6.45, 7) is 4.77. The number of fused-ring (bicyclic) bond motifs is 9. The number of para-hydroxylation sites is 1. The zero-order chi connectivity index (χ0) is 29.4. The zero-order valence-corrected chi connectivity index (χ0v) is 24.6. The average molecular weight is 564 g/mol. The highest BCUT2D eigenvalue weighted by molar-refractivity contribution is 6.15. The van der Waals surface area contributed by atoms with Crippen LogP contribution < -0.4 is 0 Å². The van der Waals surface area contributed by atoms with Gasteiger partial charge >= 0.3 is 0 Å². The maximum atomic E-state index is 5.23. The Bertz CT molecular complexity index is 2340. The third kappa shape index (κ3) is 3.50. The summed E-state index contributed by atoms with van der Waals surface area (Å²) >= 11 is 0. The summed E-state index contributed by atoms with van der Waals surface area (Å²) in [4.78, 5) is 10.5. The van der Waals surface area contributed by atoms with Gasteiger partial charge in [0.2, 0.25) is 5.95 Å². The minimum absolute atomic E-state index is 0.193. The van der Waals surface area contributed by atoms with Gasteiger partial charge in [-0.05, 0) is 51.2 Å². The van der Waals surface area contributed by atoms with Crippen LogP contribution >= 0.6 is 0 Å². The number of nitrogens with zero attached hydrogens (tertiary/aromatic N) is 3. The fraction of sp³-hybridized carbons (Fsp3) is 0.0732. The second-order valence-electron chi connectivity index (χ2n) is 12.2. The molecule has 2 aromatic heterocycles. The van der Waals surface area contributed by atoms with Crippen LogP contribution in [0.5, 0.6) is 0 Å². The SMILES string of the molecule is CC1(C)c2c(ccc3ccccc23)-c2ccc3c(c21)c1ccccc1n3-c1nc(-c2ccccc2)cc(-c2ccccc2)n1. The zero-order valence-electron chi connectivity index (χ0n) is 24.6. The van der Waals surface area contributed by atoms with Crippen molar-refractivity contribution in [3.8, 4) is 39.6 Å². The van der Waals surface area contributed by atoms with Crippen molar-refractivity contribution in [1.29, 1.82) is 0 Å². The normalized spacial score (nSPS) is 13.4. The molecule has 9 rings (SSSR count). The predicted molar refractivity (Wildman–Crippen MR) is 182 cm³/mol. The lowest BCUT2D eigenvalue weighted by molar-refractivity contribution is 0.672. The summed E-state index contributed by atoms with van der Waals surface area (Å²) in [6, 6.07) is 49.6. The summed E-state index contributed by atoms with van der Waals surface area (Å²) in [5, 5.41) is 5.11. The number of rotatable bonds is 3. The standard InChI is InChI=1S/C41H29N3/c1-41(2)38-29-18-10-9-13-26(29)21-22-30(38)31-23-24-36-37(39(31)41)32-19-11-12-20-35(32)44(36)40-42-33(27-14-5-3-6-15-27)25-34(43-40)28-16-7-4-8-17-28/h3-25H,1-2H3. The van der Waals surface area contributed by atoms with Crippen molar-refractivity contribution >= 4 is 32.6 Å². The molecule has 0 radical (unpaired) electrons. The van der Waals surface area contributed by atoms with Gasteiger partial charge in [-0.15, -0.1) is 0 Å². The van der Waals surface area contributed by atoms with E-state index in [1.807, 2.05) is 12.1 Å². The molecule has 0 N–H and O–H groups in total. The molecule has 0 saturated heterocycles. The van der Waals surface area contributed by atoms with Gasteiger partial charge in [0.05, 0.1) is 22.4 Å². The second-order valence-corrected chi connectivity index (χ2v) is 12.2. The van der Waals surface area contributed by atoms with Crippen LogP contribution in [0.2, 0.25) is 0 Å². The van der Waals surface area contributed by atoms with E-state index in [4.69, 9.17) is 9.97 Å². The molecule has 3 heteroatoms. The van der Waals surface area contributed by atoms with Crippen LogP contribution in [0.4, 0.5) is 0 Å². The van der Waals surface area contributed by atoms with Crippen LogP contribution in [0.15, 0.2) is 140 Å². The highest BCUT2D eigenvalue weighted by Gasteiger charge is 2.39. The summed E-state index contributed by atoms with van der Waals surface area (Å²) in [7, 11) is 0. The molecular formula is C41H29N3. The van der Waals surface area contributed by atoms with Crippen molar-refractivity contribution in [3.05, 3.63) is 151 Å². The quantitative estimate of drug-likeness (QED) is 0.214. The van der Waals surface area contributed by atoms with E-state index in [-0.39, 0.29) is 5.41 Å². The number of hydrogen-bond acceptors (Lipinski definition) is 2. The smallest absolute Gasteiger partial charge is 0.235 e. The number of benzene rings is 6. The Kier molecular flexibility index (Phi) is 5.24. The van der Waals surface area contributed by atoms with E-state index in [9.17, 15) is 0 Å². The minimum Gasteiger partial charge on any atom is -0.278 e. The maximum Gasteiger partial charge on any atom is 0.235 e. The molecule has 0 spiro atoms. The number of aromatic nitrogens is 3. The first-order valence-corrected chi connectivity index (χ1v) is 15.2. The van der Waals surface area contributed by atoms with Gasteiger partial charge in [0.15, 0.2) is 0 Å². The molecule has 208 valence electrons. The highest BCUT2D eigenvalue weighted by Crippen LogP contribution is 2.55. The molecule has 0 aliphatic heterocycles. The molecule has 1 aliphatic rings. The molecule has 44 heavy (non-hydrogen) atoms. The van der Waals surface area contributed by atoms with Gasteiger partial charge < -0.3 is 0 Å². The van der Waals surface area contributed by atoms with Gasteiger partial charge in [-0.2, -0.15) is 0 Å². The van der Waals surface area contributed by atoms with Gasteiger partial charge in [0, 0.05) is 27.3 Å². The fourth-order valence-electron chi connectivity index (χ4n) is 7.49. The topological polar surface area (TPSA) is 30.7 Å². The average Bonchev–Trinajstić information content (AvgIpc) is 3.54. The van der Waals surface area contributed by atoms with E-state index >= 15 is 0 Å². The van der Waals surface area contributed by atoms with E-state index < -0.39 is 0 Å². The molecule has 0 bridgehead atoms. The Hall–Kier alpha value is -5.54. The molecule has 0 unspecified atom stereocenters. The van der Waals surface area contributed by atoms with E-state index in [1.54, 1.807) is 0 Å². The Balaban J connectivity index is 1.37. The van der Waals surface area contributed by atoms with Crippen molar-refractivity contribution in [2.75, 3.05) is 0 Å². The van der Waals surface area contributed by atoms with Gasteiger partial charge in [-0.25, -0.2) is 9.97 Å². The molecule has 0 atom stereocenters. The fourth-order valence-corrected chi connectivity index (χ4v) is 7.49. The molecule has 0 saturated carbocycles. The van der Waals surface area contributed by atoms with Gasteiger partial charge in [0.25, 0.3) is 0 Å². The highest BCUT2D eigenvalue weighted by atomic mass is 15.2. The monoisotopic (exact) mass is 563 g/mol. The summed E-state index contributed by atoms with van der Waals surface area (Å²) in [6.07, 6.45) is 0. The third-order valence-corrected chi connectivity index (χ3v) is 9.36. The van der Waals surface area contributed by atoms with E-state index in [0.717, 1.165) is 33.5 Å². The number of hydrogen-bond donors (Lipinski definition) is 0. The van der Waals surface area contributed by atoms with E-state index in [1.165, 1.54) is 43.8 Å². The minimum atomic E-state index is -0.193. The summed E-state index contributed by atoms with van der Waals surface area (Å²) < 4.78 is 2.26. The first-order chi connectivity index (χ1) is 21.6. The maximum absolute atomic E-state index is 5.23. The third-order valence-electron chi connectivity index (χ3n) is 9.36.